The van der Waals surface area contributed by atoms with Gasteiger partial charge < -0.3 is 30.3 Å². The summed E-state index contributed by atoms with van der Waals surface area (Å²) in [5.74, 6) is 3.20. The molecule has 3 fully saturated rings. The summed E-state index contributed by atoms with van der Waals surface area (Å²) >= 11 is 1.14. The van der Waals surface area contributed by atoms with Crippen molar-refractivity contribution in [3.05, 3.63) is 52.2 Å². The number of carbonyl (C=O) groups excluding carboxylic acids is 1. The second-order valence-corrected chi connectivity index (χ2v) is 14.5. The largest absolute Gasteiger partial charge is 0.482 e. The summed E-state index contributed by atoms with van der Waals surface area (Å²) in [6, 6.07) is 7.61. The molecule has 1 saturated carbocycles. The van der Waals surface area contributed by atoms with Crippen LogP contribution in [0.15, 0.2) is 30.3 Å². The summed E-state index contributed by atoms with van der Waals surface area (Å²) in [6.45, 7) is 1.99. The molecule has 276 valence electrons. The molecule has 1 amide bonds. The Morgan fingerprint density at radius 1 is 1.04 bits per heavy atom. The minimum absolute atomic E-state index is 0.0391. The van der Waals surface area contributed by atoms with Crippen molar-refractivity contribution in [2.45, 2.75) is 69.4 Å². The lowest BCUT2D eigenvalue weighted by Gasteiger charge is -2.49. The lowest BCUT2D eigenvalue weighted by Crippen LogP contribution is -2.53. The number of alkyl halides is 6. The van der Waals surface area contributed by atoms with E-state index in [9.17, 15) is 35.5 Å². The van der Waals surface area contributed by atoms with Gasteiger partial charge in [-0.2, -0.15) is 26.3 Å². The second-order valence-electron chi connectivity index (χ2n) is 13.5. The van der Waals surface area contributed by atoms with E-state index in [1.807, 2.05) is 6.07 Å². The Balaban J connectivity index is 1.16. The first kappa shape index (κ1) is 37.0. The van der Waals surface area contributed by atoms with E-state index in [0.29, 0.717) is 21.5 Å². The molecule has 3 heterocycles. The zero-order chi connectivity index (χ0) is 36.4. The Bertz CT molecular complexity index is 1780. The maximum Gasteiger partial charge on any atom is 0.422 e. The Morgan fingerprint density at radius 3 is 2.39 bits per heavy atom. The smallest absolute Gasteiger partial charge is 0.422 e. The predicted octanol–water partition coefficient (Wildman–Crippen LogP) is 7.75. The van der Waals surface area contributed by atoms with Crippen molar-refractivity contribution in [2.75, 3.05) is 57.1 Å². The second kappa shape index (κ2) is 15.1. The van der Waals surface area contributed by atoms with Gasteiger partial charge in [-0.3, -0.25) is 4.79 Å². The number of likely N-dealkylation sites (tertiary alicyclic amines) is 1. The van der Waals surface area contributed by atoms with Crippen molar-refractivity contribution in [1.29, 1.82) is 0 Å². The van der Waals surface area contributed by atoms with E-state index in [-0.39, 0.29) is 28.7 Å². The van der Waals surface area contributed by atoms with E-state index in [4.69, 9.17) is 9.47 Å². The van der Waals surface area contributed by atoms with Crippen LogP contribution in [-0.2, 0) is 11.2 Å². The molecule has 6 rings (SSSR count). The predicted molar refractivity (Wildman–Crippen MR) is 182 cm³/mol. The van der Waals surface area contributed by atoms with Crippen molar-refractivity contribution in [2.24, 2.45) is 5.41 Å². The van der Waals surface area contributed by atoms with E-state index >= 15 is 0 Å². The zero-order valence-electron chi connectivity index (χ0n) is 28.0. The van der Waals surface area contributed by atoms with Gasteiger partial charge in [0, 0.05) is 30.6 Å². The molecule has 1 spiro atoms. The van der Waals surface area contributed by atoms with Gasteiger partial charge in [-0.1, -0.05) is 24.0 Å². The van der Waals surface area contributed by atoms with Gasteiger partial charge in [-0.25, -0.2) is 4.39 Å². The molecule has 3 aliphatic rings. The highest BCUT2D eigenvalue weighted by Gasteiger charge is 2.42. The molecule has 0 bridgehead atoms. The number of ether oxygens (including phenoxy) is 2. The molecule has 51 heavy (non-hydrogen) atoms. The van der Waals surface area contributed by atoms with Crippen molar-refractivity contribution in [3.8, 4) is 17.6 Å². The highest BCUT2D eigenvalue weighted by atomic mass is 32.1. The molecule has 2 aliphatic heterocycles. The average Bonchev–Trinajstić information content (AvgIpc) is 3.41. The highest BCUT2D eigenvalue weighted by molar-refractivity contribution is 7.20. The maximum absolute atomic E-state index is 14.7. The number of hydrogen-bond acceptors (Lipinski definition) is 7. The zero-order valence-corrected chi connectivity index (χ0v) is 28.8. The first-order valence-electron chi connectivity index (χ1n) is 16.9. The molecule has 7 nitrogen and oxygen atoms in total. The number of amides is 1. The Labute approximate surface area is 295 Å². The fourth-order valence-corrected chi connectivity index (χ4v) is 8.32. The third-order valence-corrected chi connectivity index (χ3v) is 11.1. The van der Waals surface area contributed by atoms with Gasteiger partial charge >= 0.3 is 12.4 Å². The topological polar surface area (TPSA) is 74.9 Å². The quantitative estimate of drug-likeness (QED) is 0.154. The molecule has 0 atom stereocenters. The lowest BCUT2D eigenvalue weighted by atomic mass is 9.76. The molecular weight excluding hydrogens is 701 g/mol. The monoisotopic (exact) mass is 740 g/mol. The van der Waals surface area contributed by atoms with E-state index in [1.165, 1.54) is 19.9 Å². The molecule has 3 aromatic rings. The fourth-order valence-electron chi connectivity index (χ4n) is 7.15. The molecular formula is C36H39F7N4O3S. The summed E-state index contributed by atoms with van der Waals surface area (Å²) in [4.78, 5) is 14.8. The van der Waals surface area contributed by atoms with Crippen LogP contribution in [0, 0.1) is 23.1 Å². The first-order chi connectivity index (χ1) is 24.2. The van der Waals surface area contributed by atoms with Crippen LogP contribution in [-0.4, -0.2) is 81.7 Å². The van der Waals surface area contributed by atoms with Crippen LogP contribution in [0.1, 0.15) is 59.3 Å². The average molecular weight is 741 g/mol. The number of halogens is 7. The number of thiophene rings is 1. The van der Waals surface area contributed by atoms with Gasteiger partial charge in [-0.15, -0.1) is 11.3 Å². The van der Waals surface area contributed by atoms with Gasteiger partial charge in [0.15, 0.2) is 6.61 Å². The van der Waals surface area contributed by atoms with E-state index in [0.717, 1.165) is 81.1 Å². The number of anilines is 2. The minimum atomic E-state index is -4.70. The number of piperidine rings is 1. The SMILES string of the molecule is CNC(=O)c1cc(OCC(F)(F)F)c(NCC#Cc2sc3c(NC4CCC(N5CCC6(CC5)COC6)CC4)cccc3c2CC(F)(F)F)cc1F. The van der Waals surface area contributed by atoms with Crippen LogP contribution >= 0.6 is 11.3 Å². The maximum atomic E-state index is 14.7. The number of fused-ring (bicyclic) bond motifs is 1. The van der Waals surface area contributed by atoms with Gasteiger partial charge in [0.05, 0.1) is 52.7 Å². The summed E-state index contributed by atoms with van der Waals surface area (Å²) in [7, 11) is 1.24. The van der Waals surface area contributed by atoms with E-state index in [1.54, 1.807) is 12.1 Å². The van der Waals surface area contributed by atoms with E-state index in [2.05, 4.69) is 32.7 Å². The number of nitrogens with zero attached hydrogens (tertiary/aromatic N) is 1. The third-order valence-electron chi connectivity index (χ3n) is 9.94. The third kappa shape index (κ3) is 9.02. The fraction of sp³-hybridized carbons (Fsp3) is 0.528. The number of carbonyl (C=O) groups is 1. The van der Waals surface area contributed by atoms with Crippen LogP contribution in [0.25, 0.3) is 10.1 Å². The van der Waals surface area contributed by atoms with Crippen LogP contribution in [0.5, 0.6) is 5.75 Å². The summed E-state index contributed by atoms with van der Waals surface area (Å²) in [5, 5.41) is 8.92. The van der Waals surface area contributed by atoms with Crippen LogP contribution < -0.4 is 20.7 Å². The number of nitrogens with one attached hydrogen (secondary N) is 3. The van der Waals surface area contributed by atoms with Crippen molar-refractivity contribution in [3.63, 3.8) is 0 Å². The van der Waals surface area contributed by atoms with Crippen molar-refractivity contribution >= 4 is 38.7 Å². The van der Waals surface area contributed by atoms with Gasteiger partial charge in [0.1, 0.15) is 11.6 Å². The molecule has 1 aromatic heterocycles. The van der Waals surface area contributed by atoms with Crippen LogP contribution in [0.2, 0.25) is 0 Å². The Morgan fingerprint density at radius 2 is 1.76 bits per heavy atom. The number of hydrogen-bond donors (Lipinski definition) is 3. The molecule has 0 radical (unpaired) electrons. The molecule has 15 heteroatoms. The highest BCUT2D eigenvalue weighted by Crippen LogP contribution is 2.42. The lowest BCUT2D eigenvalue weighted by molar-refractivity contribution is -0.153. The molecule has 0 unspecified atom stereocenters. The van der Waals surface area contributed by atoms with Crippen molar-refractivity contribution < 1.29 is 45.0 Å². The Kier molecular flexibility index (Phi) is 11.0. The summed E-state index contributed by atoms with van der Waals surface area (Å²) in [6.07, 6.45) is -4.05. The van der Waals surface area contributed by atoms with Gasteiger partial charge in [-0.05, 0) is 74.7 Å². The number of benzene rings is 2. The van der Waals surface area contributed by atoms with Crippen LogP contribution in [0.4, 0.5) is 42.1 Å². The minimum Gasteiger partial charge on any atom is -0.482 e. The van der Waals surface area contributed by atoms with Gasteiger partial charge in [0.2, 0.25) is 0 Å². The molecule has 1 aliphatic carbocycles. The van der Waals surface area contributed by atoms with Gasteiger partial charge in [0.25, 0.3) is 5.91 Å². The molecule has 3 N–H and O–H groups in total. The Hall–Kier alpha value is -3.74. The van der Waals surface area contributed by atoms with Crippen LogP contribution in [0.3, 0.4) is 0 Å². The van der Waals surface area contributed by atoms with E-state index < -0.39 is 48.4 Å². The first-order valence-corrected chi connectivity index (χ1v) is 17.7. The summed E-state index contributed by atoms with van der Waals surface area (Å²) in [5.41, 5.74) is 0.447. The molecule has 2 saturated heterocycles. The normalized spacial score (nSPS) is 20.7. The molecule has 2 aromatic carbocycles. The summed E-state index contributed by atoms with van der Waals surface area (Å²) < 4.78 is 106. The standard InChI is InChI=1S/C36H39F7N4O3S/c1-44-33(48)25-16-30(50-21-36(41,42)43)29(17-27(25)37)45-13-3-6-31-26(18-35(38,39)40)24-4-2-5-28(32(24)51-31)46-22-7-9-23(10-8-22)47-14-11-34(12-15-47)19-49-20-34/h2,4-5,16-17,22-23,45-46H,7-15,18-21H2,1H3,(H,44,48). The number of rotatable bonds is 9. The van der Waals surface area contributed by atoms with Crippen molar-refractivity contribution in [1.82, 2.24) is 10.2 Å².